The normalized spacial score (nSPS) is 15.7. The van der Waals surface area contributed by atoms with Crippen LogP contribution in [0.1, 0.15) is 20.7 Å². The fraction of sp³-hybridized carbons (Fsp3) is 0.0909. The second kappa shape index (κ2) is 4.44. The van der Waals surface area contributed by atoms with Gasteiger partial charge in [-0.15, -0.1) is 0 Å². The summed E-state index contributed by atoms with van der Waals surface area (Å²) < 4.78 is 61.9. The molecule has 0 N–H and O–H groups in total. The average molecular weight is 306 g/mol. The number of hydrogen-bond acceptors (Lipinski definition) is 5. The third-order valence-corrected chi connectivity index (χ3v) is 3.37. The first-order valence-electron chi connectivity index (χ1n) is 5.04. The number of halogens is 3. The number of allylic oxidation sites excluding steroid dienone is 2. The lowest BCUT2D eigenvalue weighted by atomic mass is 9.94. The maximum absolute atomic E-state index is 12.2. The summed E-state index contributed by atoms with van der Waals surface area (Å²) in [5.74, 6) is -3.09. The lowest BCUT2D eigenvalue weighted by Crippen LogP contribution is -2.28. The van der Waals surface area contributed by atoms with E-state index in [-0.39, 0.29) is 11.1 Å². The molecule has 0 bridgehead atoms. The molecule has 9 heteroatoms. The average Bonchev–Trinajstić information content (AvgIpc) is 2.34. The van der Waals surface area contributed by atoms with E-state index < -0.39 is 33.0 Å². The Balaban J connectivity index is 2.43. The van der Waals surface area contributed by atoms with Gasteiger partial charge in [0.05, 0.1) is 0 Å². The van der Waals surface area contributed by atoms with Gasteiger partial charge in [0.1, 0.15) is 0 Å². The number of benzene rings is 1. The molecule has 1 aliphatic carbocycles. The van der Waals surface area contributed by atoms with Crippen LogP contribution in [0.2, 0.25) is 0 Å². The molecule has 0 saturated carbocycles. The van der Waals surface area contributed by atoms with Crippen LogP contribution in [0.3, 0.4) is 0 Å². The van der Waals surface area contributed by atoms with Crippen molar-refractivity contribution in [1.82, 2.24) is 0 Å². The van der Waals surface area contributed by atoms with Crippen LogP contribution in [0.25, 0.3) is 0 Å². The van der Waals surface area contributed by atoms with Gasteiger partial charge in [-0.2, -0.15) is 21.6 Å². The molecule has 0 aromatic heterocycles. The van der Waals surface area contributed by atoms with E-state index in [1.54, 1.807) is 0 Å². The van der Waals surface area contributed by atoms with Gasteiger partial charge in [0.25, 0.3) is 0 Å². The molecule has 0 spiro atoms. The van der Waals surface area contributed by atoms with Crippen molar-refractivity contribution in [1.29, 1.82) is 0 Å². The smallest absolute Gasteiger partial charge is 0.372 e. The zero-order chi connectivity index (χ0) is 15.1. The minimum Gasteiger partial charge on any atom is -0.372 e. The molecule has 0 saturated heterocycles. The SMILES string of the molecule is O=C1C=C(OS(=O)(=O)C(F)(F)F)C(=O)c2ccccc21. The highest BCUT2D eigenvalue weighted by molar-refractivity contribution is 7.87. The van der Waals surface area contributed by atoms with Crippen molar-refractivity contribution in [2.45, 2.75) is 5.51 Å². The van der Waals surface area contributed by atoms with Gasteiger partial charge in [-0.05, 0) is 0 Å². The molecule has 0 fully saturated rings. The van der Waals surface area contributed by atoms with E-state index in [9.17, 15) is 31.2 Å². The van der Waals surface area contributed by atoms with Crippen molar-refractivity contribution >= 4 is 21.7 Å². The van der Waals surface area contributed by atoms with Crippen molar-refractivity contribution < 1.29 is 35.4 Å². The molecule has 5 nitrogen and oxygen atoms in total. The van der Waals surface area contributed by atoms with E-state index >= 15 is 0 Å². The molecule has 0 radical (unpaired) electrons. The zero-order valence-electron chi connectivity index (χ0n) is 9.47. The topological polar surface area (TPSA) is 77.5 Å². The van der Waals surface area contributed by atoms with Crippen LogP contribution in [-0.2, 0) is 14.3 Å². The third kappa shape index (κ3) is 2.31. The van der Waals surface area contributed by atoms with E-state index in [2.05, 4.69) is 4.18 Å². The Hall–Kier alpha value is -2.16. The molecule has 0 unspecified atom stereocenters. The third-order valence-electron chi connectivity index (χ3n) is 2.41. The van der Waals surface area contributed by atoms with Crippen molar-refractivity contribution in [3.8, 4) is 0 Å². The number of carbonyl (C=O) groups excluding carboxylic acids is 2. The number of alkyl halides is 3. The summed E-state index contributed by atoms with van der Waals surface area (Å²) >= 11 is 0. The van der Waals surface area contributed by atoms with Gasteiger partial charge >= 0.3 is 15.6 Å². The summed E-state index contributed by atoms with van der Waals surface area (Å²) in [6.45, 7) is 0. The van der Waals surface area contributed by atoms with Crippen LogP contribution in [0.5, 0.6) is 0 Å². The van der Waals surface area contributed by atoms with Gasteiger partial charge in [-0.25, -0.2) is 0 Å². The quantitative estimate of drug-likeness (QED) is 0.615. The molecule has 0 heterocycles. The van der Waals surface area contributed by atoms with E-state index in [1.807, 2.05) is 0 Å². The van der Waals surface area contributed by atoms with Crippen LogP contribution in [0.4, 0.5) is 13.2 Å². The molecule has 1 aromatic carbocycles. The first kappa shape index (κ1) is 14.3. The van der Waals surface area contributed by atoms with Crippen molar-refractivity contribution in [3.63, 3.8) is 0 Å². The Morgan fingerprint density at radius 1 is 1.00 bits per heavy atom. The molecule has 0 amide bonds. The lowest BCUT2D eigenvalue weighted by molar-refractivity contribution is -0.0520. The molecular weight excluding hydrogens is 301 g/mol. The van der Waals surface area contributed by atoms with Crippen molar-refractivity contribution in [2.75, 3.05) is 0 Å². The largest absolute Gasteiger partial charge is 0.534 e. The summed E-state index contributed by atoms with van der Waals surface area (Å²) in [6.07, 6.45) is 0.425. The minimum absolute atomic E-state index is 0.0331. The molecular formula is C11H5F3O5S. The van der Waals surface area contributed by atoms with E-state index in [1.165, 1.54) is 24.3 Å². The molecule has 0 atom stereocenters. The van der Waals surface area contributed by atoms with Crippen molar-refractivity contribution in [3.05, 3.63) is 47.2 Å². The second-order valence-electron chi connectivity index (χ2n) is 3.73. The van der Waals surface area contributed by atoms with Gasteiger partial charge in [0.2, 0.25) is 5.78 Å². The van der Waals surface area contributed by atoms with E-state index in [0.717, 1.165) is 0 Å². The molecule has 106 valence electrons. The molecule has 2 rings (SSSR count). The zero-order valence-corrected chi connectivity index (χ0v) is 10.3. The predicted octanol–water partition coefficient (Wildman–Crippen LogP) is 1.82. The Labute approximate surface area is 110 Å². The van der Waals surface area contributed by atoms with E-state index in [4.69, 9.17) is 0 Å². The number of carbonyl (C=O) groups is 2. The minimum atomic E-state index is -6.00. The summed E-state index contributed by atoms with van der Waals surface area (Å²) in [5.41, 5.74) is -5.93. The molecule has 0 aliphatic heterocycles. The fourth-order valence-electron chi connectivity index (χ4n) is 1.52. The van der Waals surface area contributed by atoms with Crippen LogP contribution in [0.15, 0.2) is 36.1 Å². The second-order valence-corrected chi connectivity index (χ2v) is 5.27. The standard InChI is InChI=1S/C11H5F3O5S/c12-11(13,14)20(17,18)19-9-5-8(15)6-3-1-2-4-7(6)10(9)16/h1-5H. The summed E-state index contributed by atoms with van der Waals surface area (Å²) in [5, 5.41) is 0. The van der Waals surface area contributed by atoms with Crippen LogP contribution >= 0.6 is 0 Å². The van der Waals surface area contributed by atoms with Gasteiger partial charge in [0.15, 0.2) is 11.5 Å². The maximum atomic E-state index is 12.2. The highest BCUT2D eigenvalue weighted by Crippen LogP contribution is 2.29. The Morgan fingerprint density at radius 3 is 2.10 bits per heavy atom. The highest BCUT2D eigenvalue weighted by atomic mass is 32.2. The molecule has 20 heavy (non-hydrogen) atoms. The first-order chi connectivity index (χ1) is 9.13. The van der Waals surface area contributed by atoms with E-state index in [0.29, 0.717) is 6.08 Å². The summed E-state index contributed by atoms with van der Waals surface area (Å²) in [4.78, 5) is 23.4. The Kier molecular flexibility index (Phi) is 3.17. The maximum Gasteiger partial charge on any atom is 0.534 e. The van der Waals surface area contributed by atoms with Crippen LogP contribution in [0, 0.1) is 0 Å². The van der Waals surface area contributed by atoms with Crippen molar-refractivity contribution in [2.24, 2.45) is 0 Å². The predicted molar refractivity (Wildman–Crippen MR) is 59.2 cm³/mol. The molecule has 1 aromatic rings. The summed E-state index contributed by atoms with van der Waals surface area (Å²) in [6, 6.07) is 5.31. The van der Waals surface area contributed by atoms with Gasteiger partial charge in [-0.1, -0.05) is 24.3 Å². The highest BCUT2D eigenvalue weighted by Gasteiger charge is 2.49. The lowest BCUT2D eigenvalue weighted by Gasteiger charge is -2.16. The van der Waals surface area contributed by atoms with Gasteiger partial charge in [-0.3, -0.25) is 9.59 Å². The number of hydrogen-bond donors (Lipinski definition) is 0. The van der Waals surface area contributed by atoms with Crippen LogP contribution in [-0.4, -0.2) is 25.5 Å². The fourth-order valence-corrected chi connectivity index (χ4v) is 1.97. The Morgan fingerprint density at radius 2 is 1.55 bits per heavy atom. The number of ketones is 2. The number of rotatable bonds is 2. The van der Waals surface area contributed by atoms with Gasteiger partial charge in [0, 0.05) is 17.2 Å². The number of Topliss-reactive ketones (excluding diaryl/α,β-unsaturated/α-hetero) is 1. The number of fused-ring (bicyclic) bond motifs is 1. The first-order valence-corrected chi connectivity index (χ1v) is 6.45. The monoisotopic (exact) mass is 306 g/mol. The van der Waals surface area contributed by atoms with Crippen LogP contribution < -0.4 is 0 Å². The molecule has 1 aliphatic rings. The Bertz CT molecular complexity index is 731. The summed E-state index contributed by atoms with van der Waals surface area (Å²) in [7, 11) is -6.00. The van der Waals surface area contributed by atoms with Gasteiger partial charge < -0.3 is 4.18 Å².